The molecule has 0 aromatic heterocycles. The Morgan fingerprint density at radius 3 is 2.43 bits per heavy atom. The summed E-state index contributed by atoms with van der Waals surface area (Å²) >= 11 is 0. The van der Waals surface area contributed by atoms with E-state index in [0.29, 0.717) is 12.0 Å². The van der Waals surface area contributed by atoms with Gasteiger partial charge < -0.3 is 0 Å². The lowest BCUT2D eigenvalue weighted by atomic mass is 9.90. The van der Waals surface area contributed by atoms with Gasteiger partial charge in [0.2, 0.25) is 0 Å². The fourth-order valence-corrected chi connectivity index (χ4v) is 4.79. The van der Waals surface area contributed by atoms with Crippen LogP contribution in [0.3, 0.4) is 0 Å². The standard InChI is InChI=1S/C18H31N3/c1-14(2)20-18(12-19,16-9-10-16)13-21-11-5-8-17(21)15-6-3-4-7-15/h14-17,20H,3-11,13H2,1-2H3. The number of hydrogen-bond donors (Lipinski definition) is 1. The van der Waals surface area contributed by atoms with E-state index < -0.39 is 0 Å². The lowest BCUT2D eigenvalue weighted by Gasteiger charge is -2.38. The highest BCUT2D eigenvalue weighted by atomic mass is 15.2. The Bertz CT molecular complexity index is 390. The van der Waals surface area contributed by atoms with Gasteiger partial charge in [0.1, 0.15) is 5.54 Å². The molecule has 0 bridgehead atoms. The molecular weight excluding hydrogens is 258 g/mol. The summed E-state index contributed by atoms with van der Waals surface area (Å²) in [5.41, 5.74) is -0.296. The molecule has 3 nitrogen and oxygen atoms in total. The molecule has 0 radical (unpaired) electrons. The molecule has 2 atom stereocenters. The minimum absolute atomic E-state index is 0.296. The summed E-state index contributed by atoms with van der Waals surface area (Å²) in [4.78, 5) is 2.67. The highest BCUT2D eigenvalue weighted by Gasteiger charge is 2.48. The average Bonchev–Trinajstić information content (AvgIpc) is 2.99. The number of rotatable bonds is 6. The number of nitriles is 1. The third-order valence-electron chi connectivity index (χ3n) is 5.83. The highest BCUT2D eigenvalue weighted by molar-refractivity contribution is 5.18. The van der Waals surface area contributed by atoms with Crippen molar-refractivity contribution in [3.05, 3.63) is 0 Å². The molecule has 1 aliphatic heterocycles. The lowest BCUT2D eigenvalue weighted by molar-refractivity contribution is 0.140. The number of likely N-dealkylation sites (tertiary alicyclic amines) is 1. The second-order valence-corrected chi connectivity index (χ2v) is 7.88. The largest absolute Gasteiger partial charge is 0.297 e. The Morgan fingerprint density at radius 1 is 1.14 bits per heavy atom. The van der Waals surface area contributed by atoms with E-state index in [-0.39, 0.29) is 5.54 Å². The molecule has 1 heterocycles. The molecule has 2 aliphatic carbocycles. The SMILES string of the molecule is CC(C)NC(C#N)(CN1CCCC1C1CCCC1)C1CC1. The maximum atomic E-state index is 9.91. The Balaban J connectivity index is 1.70. The maximum absolute atomic E-state index is 9.91. The van der Waals surface area contributed by atoms with E-state index >= 15 is 0 Å². The van der Waals surface area contributed by atoms with Gasteiger partial charge in [-0.25, -0.2) is 0 Å². The summed E-state index contributed by atoms with van der Waals surface area (Å²) in [5.74, 6) is 1.48. The summed E-state index contributed by atoms with van der Waals surface area (Å²) in [6, 6.07) is 3.84. The van der Waals surface area contributed by atoms with Gasteiger partial charge in [0, 0.05) is 18.6 Å². The smallest absolute Gasteiger partial charge is 0.122 e. The first-order valence-electron chi connectivity index (χ1n) is 9.07. The van der Waals surface area contributed by atoms with Gasteiger partial charge in [-0.2, -0.15) is 5.26 Å². The van der Waals surface area contributed by atoms with Crippen LogP contribution < -0.4 is 5.32 Å². The summed E-state index contributed by atoms with van der Waals surface area (Å²) < 4.78 is 0. The molecule has 0 amide bonds. The molecule has 1 saturated heterocycles. The molecule has 1 N–H and O–H groups in total. The molecule has 0 aromatic rings. The van der Waals surface area contributed by atoms with Gasteiger partial charge >= 0.3 is 0 Å². The van der Waals surface area contributed by atoms with Gasteiger partial charge in [-0.3, -0.25) is 10.2 Å². The highest BCUT2D eigenvalue weighted by Crippen LogP contribution is 2.42. The van der Waals surface area contributed by atoms with Crippen molar-refractivity contribution in [2.75, 3.05) is 13.1 Å². The van der Waals surface area contributed by atoms with Gasteiger partial charge in [-0.05, 0) is 70.8 Å². The van der Waals surface area contributed by atoms with Crippen molar-refractivity contribution in [2.45, 2.75) is 82.8 Å². The first-order chi connectivity index (χ1) is 10.1. The van der Waals surface area contributed by atoms with Gasteiger partial charge in [-0.1, -0.05) is 12.8 Å². The minimum atomic E-state index is -0.296. The first-order valence-corrected chi connectivity index (χ1v) is 9.07. The van der Waals surface area contributed by atoms with Crippen molar-refractivity contribution in [2.24, 2.45) is 11.8 Å². The molecule has 3 aliphatic rings. The van der Waals surface area contributed by atoms with Crippen molar-refractivity contribution >= 4 is 0 Å². The topological polar surface area (TPSA) is 39.1 Å². The van der Waals surface area contributed by atoms with Crippen LogP contribution in [0.5, 0.6) is 0 Å². The molecular formula is C18H31N3. The van der Waals surface area contributed by atoms with E-state index in [2.05, 4.69) is 30.1 Å². The molecule has 3 heteroatoms. The van der Waals surface area contributed by atoms with Crippen LogP contribution in [-0.2, 0) is 0 Å². The van der Waals surface area contributed by atoms with Crippen LogP contribution in [-0.4, -0.2) is 35.6 Å². The second kappa shape index (κ2) is 6.26. The van der Waals surface area contributed by atoms with Gasteiger partial charge in [0.05, 0.1) is 6.07 Å². The molecule has 0 spiro atoms. The first kappa shape index (κ1) is 15.3. The Labute approximate surface area is 130 Å². The van der Waals surface area contributed by atoms with Crippen LogP contribution in [0, 0.1) is 23.2 Å². The van der Waals surface area contributed by atoms with Crippen molar-refractivity contribution < 1.29 is 0 Å². The summed E-state index contributed by atoms with van der Waals surface area (Å²) in [6.07, 6.45) is 10.8. The molecule has 118 valence electrons. The maximum Gasteiger partial charge on any atom is 0.122 e. The van der Waals surface area contributed by atoms with E-state index in [0.717, 1.165) is 18.5 Å². The number of hydrogen-bond acceptors (Lipinski definition) is 3. The predicted octanol–water partition coefficient (Wildman–Crippen LogP) is 3.31. The second-order valence-electron chi connectivity index (χ2n) is 7.88. The van der Waals surface area contributed by atoms with Gasteiger partial charge in [-0.15, -0.1) is 0 Å². The lowest BCUT2D eigenvalue weighted by Crippen LogP contribution is -2.57. The summed E-state index contributed by atoms with van der Waals surface area (Å²) in [6.45, 7) is 6.50. The zero-order valence-corrected chi connectivity index (χ0v) is 13.8. The fraction of sp³-hybridized carbons (Fsp3) is 0.944. The third-order valence-corrected chi connectivity index (χ3v) is 5.83. The summed E-state index contributed by atoms with van der Waals surface area (Å²) in [7, 11) is 0. The van der Waals surface area contributed by atoms with Crippen LogP contribution in [0.4, 0.5) is 0 Å². The fourth-order valence-electron chi connectivity index (χ4n) is 4.79. The van der Waals surface area contributed by atoms with Crippen molar-refractivity contribution in [3.8, 4) is 6.07 Å². The Hall–Kier alpha value is -0.590. The van der Waals surface area contributed by atoms with Crippen LogP contribution in [0.1, 0.15) is 65.2 Å². The Kier molecular flexibility index (Phi) is 4.57. The molecule has 2 saturated carbocycles. The number of nitrogens with zero attached hydrogens (tertiary/aromatic N) is 2. The van der Waals surface area contributed by atoms with Crippen molar-refractivity contribution in [1.29, 1.82) is 5.26 Å². The monoisotopic (exact) mass is 289 g/mol. The van der Waals surface area contributed by atoms with Gasteiger partial charge in [0.15, 0.2) is 0 Å². The average molecular weight is 289 g/mol. The van der Waals surface area contributed by atoms with Crippen LogP contribution in [0.25, 0.3) is 0 Å². The molecule has 0 aromatic carbocycles. The third kappa shape index (κ3) is 3.27. The van der Waals surface area contributed by atoms with E-state index in [1.807, 2.05) is 0 Å². The quantitative estimate of drug-likeness (QED) is 0.815. The van der Waals surface area contributed by atoms with Gasteiger partial charge in [0.25, 0.3) is 0 Å². The normalized spacial score (nSPS) is 30.7. The van der Waals surface area contributed by atoms with E-state index in [1.165, 1.54) is 57.9 Å². The number of nitrogens with one attached hydrogen (secondary N) is 1. The van der Waals surface area contributed by atoms with E-state index in [1.54, 1.807) is 0 Å². The van der Waals surface area contributed by atoms with Crippen molar-refractivity contribution in [3.63, 3.8) is 0 Å². The Morgan fingerprint density at radius 2 is 1.86 bits per heavy atom. The molecule has 2 unspecified atom stereocenters. The predicted molar refractivity (Wildman–Crippen MR) is 85.9 cm³/mol. The summed E-state index contributed by atoms with van der Waals surface area (Å²) in [5, 5.41) is 13.5. The minimum Gasteiger partial charge on any atom is -0.297 e. The van der Waals surface area contributed by atoms with Crippen LogP contribution in [0.15, 0.2) is 0 Å². The molecule has 3 fully saturated rings. The van der Waals surface area contributed by atoms with E-state index in [9.17, 15) is 5.26 Å². The zero-order valence-electron chi connectivity index (χ0n) is 13.8. The zero-order chi connectivity index (χ0) is 14.9. The van der Waals surface area contributed by atoms with Crippen LogP contribution in [0.2, 0.25) is 0 Å². The van der Waals surface area contributed by atoms with E-state index in [4.69, 9.17) is 0 Å². The molecule has 3 rings (SSSR count). The molecule has 21 heavy (non-hydrogen) atoms. The van der Waals surface area contributed by atoms with Crippen LogP contribution >= 0.6 is 0 Å². The van der Waals surface area contributed by atoms with Crippen molar-refractivity contribution in [1.82, 2.24) is 10.2 Å².